The molecule has 0 spiro atoms. The summed E-state index contributed by atoms with van der Waals surface area (Å²) in [7, 11) is 0. The van der Waals surface area contributed by atoms with Crippen LogP contribution in [0.15, 0.2) is 164 Å². The number of fused-ring (bicyclic) bond motifs is 3. The van der Waals surface area contributed by atoms with E-state index >= 15 is 0 Å². The fraction of sp³-hybridized carbons (Fsp3) is 0.0980. The lowest BCUT2D eigenvalue weighted by Crippen LogP contribution is -2.10. The summed E-state index contributed by atoms with van der Waals surface area (Å²) >= 11 is 0. The largest absolute Gasteiger partial charge is 0.309 e. The van der Waals surface area contributed by atoms with Gasteiger partial charge in [-0.2, -0.15) is 0 Å². The zero-order valence-electron chi connectivity index (χ0n) is 30.0. The monoisotopic (exact) mass is 665 g/mol. The summed E-state index contributed by atoms with van der Waals surface area (Å²) in [6.45, 7) is 9.09. The first-order chi connectivity index (χ1) is 25.3. The van der Waals surface area contributed by atoms with Crippen LogP contribution in [0.25, 0.3) is 93.2 Å². The van der Waals surface area contributed by atoms with Gasteiger partial charge in [-0.1, -0.05) is 154 Å². The Kier molecular flexibility index (Phi) is 6.73. The van der Waals surface area contributed by atoms with E-state index in [1.165, 1.54) is 98.6 Å². The number of aromatic nitrogens is 1. The molecule has 0 saturated carbocycles. The lowest BCUT2D eigenvalue weighted by Gasteiger charge is -2.23. The van der Waals surface area contributed by atoms with Gasteiger partial charge in [0.05, 0.1) is 11.0 Å². The molecule has 248 valence electrons. The highest BCUT2D eigenvalue weighted by molar-refractivity contribution is 6.28. The van der Waals surface area contributed by atoms with Crippen molar-refractivity contribution in [1.82, 2.24) is 4.57 Å². The Bertz CT molecular complexity index is 2900. The van der Waals surface area contributed by atoms with Gasteiger partial charge in [-0.3, -0.25) is 0 Å². The van der Waals surface area contributed by atoms with Crippen LogP contribution < -0.4 is 0 Å². The normalized spacial score (nSPS) is 12.2. The van der Waals surface area contributed by atoms with E-state index < -0.39 is 0 Å². The molecule has 9 aromatic carbocycles. The van der Waals surface area contributed by atoms with E-state index in [-0.39, 0.29) is 5.41 Å². The smallest absolute Gasteiger partial charge is 0.0541 e. The number of hydrogen-bond donors (Lipinski definition) is 0. The molecule has 0 unspecified atom stereocenters. The van der Waals surface area contributed by atoms with Crippen molar-refractivity contribution in [2.75, 3.05) is 0 Å². The molecule has 0 atom stereocenters. The van der Waals surface area contributed by atoms with E-state index in [4.69, 9.17) is 0 Å². The number of hydrogen-bond acceptors (Lipinski definition) is 0. The van der Waals surface area contributed by atoms with Gasteiger partial charge in [-0.25, -0.2) is 0 Å². The van der Waals surface area contributed by atoms with Crippen molar-refractivity contribution in [2.45, 2.75) is 33.1 Å². The predicted octanol–water partition coefficient (Wildman–Crippen LogP) is 14.3. The molecule has 10 rings (SSSR count). The fourth-order valence-corrected chi connectivity index (χ4v) is 8.45. The second-order valence-electron chi connectivity index (χ2n) is 15.5. The molecule has 1 heteroatoms. The van der Waals surface area contributed by atoms with Gasteiger partial charge >= 0.3 is 0 Å². The molecule has 0 fully saturated rings. The van der Waals surface area contributed by atoms with E-state index in [1.807, 2.05) is 0 Å². The average Bonchev–Trinajstić information content (AvgIpc) is 3.51. The summed E-state index contributed by atoms with van der Waals surface area (Å²) < 4.78 is 2.45. The molecule has 0 N–H and O–H groups in total. The molecule has 1 nitrogen and oxygen atoms in total. The molecule has 0 radical (unpaired) electrons. The van der Waals surface area contributed by atoms with E-state index in [9.17, 15) is 0 Å². The Balaban J connectivity index is 1.33. The van der Waals surface area contributed by atoms with E-state index in [0.717, 1.165) is 5.69 Å². The summed E-state index contributed by atoms with van der Waals surface area (Å²) in [6.07, 6.45) is 0. The van der Waals surface area contributed by atoms with Gasteiger partial charge in [0.1, 0.15) is 0 Å². The first-order valence-electron chi connectivity index (χ1n) is 18.3. The topological polar surface area (TPSA) is 4.93 Å². The average molecular weight is 666 g/mol. The summed E-state index contributed by atoms with van der Waals surface area (Å²) in [6, 6.07) is 61.3. The molecule has 52 heavy (non-hydrogen) atoms. The van der Waals surface area contributed by atoms with E-state index in [0.29, 0.717) is 0 Å². The summed E-state index contributed by atoms with van der Waals surface area (Å²) in [5.41, 5.74) is 13.6. The number of para-hydroxylation sites is 2. The lowest BCUT2D eigenvalue weighted by atomic mass is 9.81. The highest BCUT2D eigenvalue weighted by Crippen LogP contribution is 2.46. The lowest BCUT2D eigenvalue weighted by molar-refractivity contribution is 0.591. The summed E-state index contributed by atoms with van der Waals surface area (Å²) in [5, 5.41) is 10.4. The molecular weight excluding hydrogens is 627 g/mol. The highest BCUT2D eigenvalue weighted by Gasteiger charge is 2.21. The van der Waals surface area contributed by atoms with E-state index in [1.54, 1.807) is 0 Å². The highest BCUT2D eigenvalue weighted by atomic mass is 15.0. The minimum atomic E-state index is 0.0593. The Morgan fingerprint density at radius 2 is 0.962 bits per heavy atom. The minimum Gasteiger partial charge on any atom is -0.309 e. The first-order valence-corrected chi connectivity index (χ1v) is 18.3. The van der Waals surface area contributed by atoms with Gasteiger partial charge in [0.25, 0.3) is 0 Å². The zero-order chi connectivity index (χ0) is 35.1. The van der Waals surface area contributed by atoms with Gasteiger partial charge in [0.2, 0.25) is 0 Å². The predicted molar refractivity (Wildman–Crippen MR) is 224 cm³/mol. The van der Waals surface area contributed by atoms with Crippen LogP contribution in [-0.4, -0.2) is 4.57 Å². The number of aryl methyl sites for hydroxylation is 1. The summed E-state index contributed by atoms with van der Waals surface area (Å²) in [4.78, 5) is 0. The van der Waals surface area contributed by atoms with Crippen LogP contribution in [0.2, 0.25) is 0 Å². The number of benzene rings is 9. The maximum atomic E-state index is 2.45. The standard InChI is InChI=1S/C51H39N/c1-32-18-20-34(21-19-32)45-31-46(44-25-23-36-28-39(51(2,3)4)27-35-22-24-43(45)50(44)49(35)36)38-26-37(33-12-6-5-7-13-33)29-40(30-38)52-47-16-10-8-14-41(47)42-15-9-11-17-48(42)52/h5-31H,1-4H3. The molecule has 0 aliphatic carbocycles. The maximum absolute atomic E-state index is 2.45. The fourth-order valence-electron chi connectivity index (χ4n) is 8.45. The number of nitrogens with zero attached hydrogens (tertiary/aromatic N) is 1. The van der Waals surface area contributed by atoms with Gasteiger partial charge in [0, 0.05) is 16.5 Å². The third-order valence-corrected chi connectivity index (χ3v) is 11.1. The van der Waals surface area contributed by atoms with Crippen molar-refractivity contribution < 1.29 is 0 Å². The van der Waals surface area contributed by atoms with Crippen molar-refractivity contribution in [3.05, 3.63) is 175 Å². The maximum Gasteiger partial charge on any atom is 0.0541 e. The van der Waals surface area contributed by atoms with Crippen LogP contribution >= 0.6 is 0 Å². The first kappa shape index (κ1) is 30.6. The molecule has 1 heterocycles. The zero-order valence-corrected chi connectivity index (χ0v) is 30.0. The van der Waals surface area contributed by atoms with Gasteiger partial charge < -0.3 is 4.57 Å². The number of rotatable bonds is 4. The summed E-state index contributed by atoms with van der Waals surface area (Å²) in [5.74, 6) is 0. The van der Waals surface area contributed by atoms with E-state index in [2.05, 4.69) is 196 Å². The van der Waals surface area contributed by atoms with Crippen LogP contribution in [0.4, 0.5) is 0 Å². The molecule has 0 bridgehead atoms. The van der Waals surface area contributed by atoms with Crippen molar-refractivity contribution in [3.63, 3.8) is 0 Å². The Labute approximate surface area is 304 Å². The van der Waals surface area contributed by atoms with Crippen molar-refractivity contribution in [1.29, 1.82) is 0 Å². The van der Waals surface area contributed by atoms with Crippen molar-refractivity contribution >= 4 is 54.1 Å². The van der Waals surface area contributed by atoms with Gasteiger partial charge in [-0.15, -0.1) is 0 Å². The van der Waals surface area contributed by atoms with Crippen LogP contribution in [0.3, 0.4) is 0 Å². The molecule has 1 aromatic heterocycles. The Morgan fingerprint density at radius 3 is 1.58 bits per heavy atom. The molecular formula is C51H39N. The minimum absolute atomic E-state index is 0.0593. The Hall–Kier alpha value is -6.18. The van der Waals surface area contributed by atoms with Crippen LogP contribution in [0, 0.1) is 6.92 Å². The molecule has 0 saturated heterocycles. The van der Waals surface area contributed by atoms with Crippen LogP contribution in [-0.2, 0) is 5.41 Å². The second-order valence-corrected chi connectivity index (χ2v) is 15.5. The molecule has 0 aliphatic heterocycles. The third kappa shape index (κ3) is 4.77. The Morgan fingerprint density at radius 1 is 0.404 bits per heavy atom. The second kappa shape index (κ2) is 11.4. The van der Waals surface area contributed by atoms with Crippen molar-refractivity contribution in [2.24, 2.45) is 0 Å². The van der Waals surface area contributed by atoms with Crippen LogP contribution in [0.5, 0.6) is 0 Å². The SMILES string of the molecule is Cc1ccc(-c2cc(-c3cc(-c4ccccc4)cc(-n4c5ccccc5c5ccccc54)c3)c3ccc4cc(C(C)(C)C)cc5ccc2c3c54)cc1. The molecule has 0 aliphatic rings. The van der Waals surface area contributed by atoms with Gasteiger partial charge in [0.15, 0.2) is 0 Å². The quantitative estimate of drug-likeness (QED) is 0.165. The van der Waals surface area contributed by atoms with Gasteiger partial charge in [-0.05, 0) is 120 Å². The third-order valence-electron chi connectivity index (χ3n) is 11.1. The molecule has 10 aromatic rings. The van der Waals surface area contributed by atoms with Crippen LogP contribution in [0.1, 0.15) is 31.9 Å². The molecule has 0 amide bonds. The van der Waals surface area contributed by atoms with Crippen molar-refractivity contribution in [3.8, 4) is 39.1 Å².